The summed E-state index contributed by atoms with van der Waals surface area (Å²) >= 11 is 3.40. The standard InChI is InChI=1S/C60H40N8O10S4/c1-3-67-51(69)49(81-53(67)39(27-61)28-62)65-43-26-42-45(60(43,57(73)77-33-37-21-13-7-14-22-37)58(74)78-34-38-23-15-8-16-24-38)46-48(79-42)47-41(25-44(80-47)66-50-52(70)68(4-2)54(82-50)40(29-63)30-64)59(46,55(71)75-31-35-17-9-5-10-18-35)56(72)76-32-36-19-11-6-12-20-36/h5-26H,3-4,31-34H2,1-2H3/b65-49-,66-50-. The van der Waals surface area contributed by atoms with Gasteiger partial charge in [-0.1, -0.05) is 121 Å². The van der Waals surface area contributed by atoms with E-state index in [1.54, 1.807) is 135 Å². The number of esters is 4. The van der Waals surface area contributed by atoms with Crippen molar-refractivity contribution in [1.29, 1.82) is 21.0 Å². The molecule has 2 fully saturated rings. The van der Waals surface area contributed by atoms with E-state index < -0.39 is 71.0 Å². The lowest BCUT2D eigenvalue weighted by atomic mass is 9.70. The molecule has 0 saturated carbocycles. The third kappa shape index (κ3) is 9.73. The molecule has 2 saturated heterocycles. The minimum Gasteiger partial charge on any atom is -0.459 e. The van der Waals surface area contributed by atoms with E-state index in [0.29, 0.717) is 34.0 Å². The van der Waals surface area contributed by atoms with Crippen LogP contribution in [0.15, 0.2) is 164 Å². The number of nitriles is 4. The molecule has 18 nitrogen and oxygen atoms in total. The average Bonchev–Trinajstić information content (AvgIpc) is 3.78. The number of hydrogen-bond acceptors (Lipinski definition) is 20. The van der Waals surface area contributed by atoms with E-state index >= 15 is 19.2 Å². The first-order chi connectivity index (χ1) is 39.9. The van der Waals surface area contributed by atoms with Crippen LogP contribution in [-0.2, 0) is 85.0 Å². The van der Waals surface area contributed by atoms with Gasteiger partial charge in [-0.3, -0.25) is 38.6 Å². The quantitative estimate of drug-likeness (QED) is 0.0377. The van der Waals surface area contributed by atoms with Crippen LogP contribution in [0.1, 0.15) is 57.7 Å². The molecule has 22 heteroatoms. The number of thiophene rings is 2. The van der Waals surface area contributed by atoms with Gasteiger partial charge in [-0.25, -0.2) is 9.98 Å². The highest BCUT2D eigenvalue weighted by Gasteiger charge is 2.68. The monoisotopic (exact) mass is 1160 g/mol. The highest BCUT2D eigenvalue weighted by atomic mass is 32.2. The summed E-state index contributed by atoms with van der Waals surface area (Å²) in [5, 5.41) is 39.2. The Balaban J connectivity index is 1.26. The molecule has 0 spiro atoms. The fourth-order valence-electron chi connectivity index (χ4n) is 9.60. The van der Waals surface area contributed by atoms with Gasteiger partial charge in [0.2, 0.25) is 10.8 Å². The van der Waals surface area contributed by atoms with Gasteiger partial charge in [0.25, 0.3) is 11.8 Å². The number of benzene rings is 4. The third-order valence-electron chi connectivity index (χ3n) is 13.4. The van der Waals surface area contributed by atoms with E-state index in [0.717, 1.165) is 39.3 Å². The van der Waals surface area contributed by atoms with Gasteiger partial charge in [0, 0.05) is 34.7 Å². The molecule has 0 N–H and O–H groups in total. The first-order valence-electron chi connectivity index (χ1n) is 25.0. The van der Waals surface area contributed by atoms with Crippen molar-refractivity contribution in [2.24, 2.45) is 9.98 Å². The number of carbonyl (C=O) groups is 6. The van der Waals surface area contributed by atoms with Crippen LogP contribution in [0.5, 0.6) is 0 Å². The fraction of sp³-hybridized carbons (Fsp3) is 0.167. The van der Waals surface area contributed by atoms with Crippen molar-refractivity contribution in [3.05, 3.63) is 198 Å². The number of allylic oxidation sites excluding steroid dienone is 2. The predicted octanol–water partition coefficient (Wildman–Crippen LogP) is 9.78. The maximum atomic E-state index is 16.0. The van der Waals surface area contributed by atoms with Gasteiger partial charge in [0.15, 0.2) is 21.2 Å². The zero-order valence-electron chi connectivity index (χ0n) is 43.2. The minimum absolute atomic E-state index is 0.00664. The van der Waals surface area contributed by atoms with Crippen LogP contribution in [0, 0.1) is 45.3 Å². The van der Waals surface area contributed by atoms with Crippen LogP contribution in [0.4, 0.5) is 5.00 Å². The van der Waals surface area contributed by atoms with Crippen molar-refractivity contribution in [2.75, 3.05) is 13.1 Å². The van der Waals surface area contributed by atoms with E-state index in [1.165, 1.54) is 17.0 Å². The van der Waals surface area contributed by atoms with E-state index in [2.05, 4.69) is 0 Å². The van der Waals surface area contributed by atoms with Crippen molar-refractivity contribution in [1.82, 2.24) is 9.80 Å². The minimum atomic E-state index is -2.88. The number of nitrogens with zero attached hydrogens (tertiary/aromatic N) is 8. The van der Waals surface area contributed by atoms with E-state index in [4.69, 9.17) is 28.9 Å². The molecule has 0 radical (unpaired) electrons. The predicted molar refractivity (Wildman–Crippen MR) is 304 cm³/mol. The summed E-state index contributed by atoms with van der Waals surface area (Å²) in [6.45, 7) is 1.79. The molecule has 10 rings (SSSR count). The summed E-state index contributed by atoms with van der Waals surface area (Å²) in [5.41, 5.74) is -5.23. The molecule has 0 bridgehead atoms. The second-order valence-corrected chi connectivity index (χ2v) is 22.1. The molecule has 0 atom stereocenters. The Morgan fingerprint density at radius 2 is 0.890 bits per heavy atom. The number of ether oxygens (including phenoxy) is 4. The summed E-state index contributed by atoms with van der Waals surface area (Å²) in [5.74, 6) is -6.34. The number of carbonyl (C=O) groups excluding carboxylic acids is 6. The molecule has 2 aromatic heterocycles. The van der Waals surface area contributed by atoms with E-state index in [-0.39, 0.29) is 88.3 Å². The van der Waals surface area contributed by atoms with Crippen molar-refractivity contribution < 1.29 is 47.7 Å². The highest BCUT2D eigenvalue weighted by molar-refractivity contribution is 8.20. The molecule has 4 aliphatic rings. The van der Waals surface area contributed by atoms with Crippen LogP contribution < -0.4 is 0 Å². The number of aliphatic imine (C=N–C) groups is 2. The fourth-order valence-corrected chi connectivity index (χ4v) is 14.3. The molecule has 2 aliphatic heterocycles. The first-order valence-corrected chi connectivity index (χ1v) is 28.3. The van der Waals surface area contributed by atoms with Gasteiger partial charge in [0.1, 0.15) is 65.8 Å². The molecule has 2 aliphatic carbocycles. The van der Waals surface area contributed by atoms with Gasteiger partial charge in [-0.2, -0.15) is 21.0 Å². The van der Waals surface area contributed by atoms with Crippen molar-refractivity contribution >= 4 is 103 Å². The smallest absolute Gasteiger partial charge is 0.334 e. The average molecular weight is 1160 g/mol. The van der Waals surface area contributed by atoms with E-state index in [1.807, 2.05) is 24.3 Å². The number of fused-ring (bicyclic) bond motifs is 5. The lowest BCUT2D eigenvalue weighted by Crippen LogP contribution is -2.51. The van der Waals surface area contributed by atoms with Gasteiger partial charge in [-0.05, 0) is 71.8 Å². The van der Waals surface area contributed by atoms with Crippen LogP contribution in [0.2, 0.25) is 0 Å². The van der Waals surface area contributed by atoms with Crippen molar-refractivity contribution in [3.63, 3.8) is 0 Å². The molecule has 4 heterocycles. The molecule has 404 valence electrons. The summed E-state index contributed by atoms with van der Waals surface area (Å²) in [6.07, 6.45) is 1.37. The van der Waals surface area contributed by atoms with Crippen molar-refractivity contribution in [3.8, 4) is 34.0 Å². The highest BCUT2D eigenvalue weighted by Crippen LogP contribution is 2.65. The molecule has 4 aromatic carbocycles. The number of amides is 2. The maximum absolute atomic E-state index is 16.0. The Morgan fingerprint density at radius 3 is 1.27 bits per heavy atom. The summed E-state index contributed by atoms with van der Waals surface area (Å²) in [6, 6.07) is 43.1. The summed E-state index contributed by atoms with van der Waals surface area (Å²) in [4.78, 5) is 105. The maximum Gasteiger partial charge on any atom is 0.334 e. The number of rotatable bonds is 16. The Kier molecular flexibility index (Phi) is 16.0. The van der Waals surface area contributed by atoms with Gasteiger partial charge in [-0.15, -0.1) is 22.7 Å². The van der Waals surface area contributed by atoms with Gasteiger partial charge < -0.3 is 18.9 Å². The van der Waals surface area contributed by atoms with Crippen molar-refractivity contribution in [2.45, 2.75) is 51.1 Å². The number of thioether (sulfide) groups is 2. The first kappa shape index (κ1) is 55.6. The molecule has 2 amide bonds. The lowest BCUT2D eigenvalue weighted by molar-refractivity contribution is -0.167. The normalized spacial score (nSPS) is 16.0. The van der Waals surface area contributed by atoms with Crippen LogP contribution in [0.25, 0.3) is 15.8 Å². The Hall–Kier alpha value is -9.68. The zero-order chi connectivity index (χ0) is 57.7. The Labute approximate surface area is 485 Å². The molecule has 0 unspecified atom stereocenters. The topological polar surface area (TPSA) is 266 Å². The van der Waals surface area contributed by atoms with Crippen LogP contribution in [0.3, 0.4) is 0 Å². The molecule has 82 heavy (non-hydrogen) atoms. The number of hydrogen-bond donors (Lipinski definition) is 0. The second kappa shape index (κ2) is 23.6. The summed E-state index contributed by atoms with van der Waals surface area (Å²) in [7, 11) is 0. The van der Waals surface area contributed by atoms with Gasteiger partial charge in [0.05, 0.1) is 15.5 Å². The Morgan fingerprint density at radius 1 is 0.512 bits per heavy atom. The third-order valence-corrected chi connectivity index (χ3v) is 17.9. The summed E-state index contributed by atoms with van der Waals surface area (Å²) < 4.78 is 24.8. The Bertz CT molecular complexity index is 3850. The zero-order valence-corrected chi connectivity index (χ0v) is 46.5. The second-order valence-electron chi connectivity index (χ2n) is 18.1. The SMILES string of the molecule is CCN1C(=O)/C(=N/C2=Cc3sc4c(c3C2(C(=O)OCc2ccccc2)C(=O)OCc2ccccc2)C(C(=O)OCc2ccccc2)(C(=O)OCc2ccccc2)c2cc(/N=C3\SC(=C(C#N)C#N)N(CC)C3=O)sc2-4)SC1=C(C#N)C#N. The van der Waals surface area contributed by atoms with Crippen LogP contribution >= 0.6 is 46.2 Å². The van der Waals surface area contributed by atoms with E-state index in [9.17, 15) is 30.6 Å². The lowest BCUT2D eigenvalue weighted by Gasteiger charge is -2.32. The van der Waals surface area contributed by atoms with Crippen LogP contribution in [-0.4, -0.2) is 68.7 Å². The molecular formula is C60H40N8O10S4. The van der Waals surface area contributed by atoms with Gasteiger partial charge >= 0.3 is 23.9 Å². The molecule has 6 aromatic rings. The molecular weight excluding hydrogens is 1120 g/mol. The largest absolute Gasteiger partial charge is 0.459 e.